The highest BCUT2D eigenvalue weighted by atomic mass is 32.1. The molecule has 4 nitrogen and oxygen atoms in total. The number of fused-ring (bicyclic) bond motifs is 1. The van der Waals surface area contributed by atoms with Crippen LogP contribution in [0.3, 0.4) is 0 Å². The SMILES string of the molecule is CCOc1nc2c(N)ccc(N(CC)CC)c2s1. The molecule has 2 rings (SSSR count). The Labute approximate surface area is 111 Å². The monoisotopic (exact) mass is 265 g/mol. The number of rotatable bonds is 5. The van der Waals surface area contributed by atoms with Gasteiger partial charge in [-0.3, -0.25) is 0 Å². The van der Waals surface area contributed by atoms with Crippen LogP contribution in [0.25, 0.3) is 10.2 Å². The molecule has 5 heteroatoms. The molecule has 0 saturated heterocycles. The van der Waals surface area contributed by atoms with E-state index in [1.807, 2.05) is 13.0 Å². The van der Waals surface area contributed by atoms with E-state index >= 15 is 0 Å². The Morgan fingerprint density at radius 1 is 1.28 bits per heavy atom. The summed E-state index contributed by atoms with van der Waals surface area (Å²) in [5, 5.41) is 0.693. The van der Waals surface area contributed by atoms with Gasteiger partial charge in [0.15, 0.2) is 0 Å². The summed E-state index contributed by atoms with van der Waals surface area (Å²) in [7, 11) is 0. The van der Waals surface area contributed by atoms with Gasteiger partial charge in [-0.2, -0.15) is 0 Å². The average Bonchev–Trinajstić information content (AvgIpc) is 2.78. The van der Waals surface area contributed by atoms with Crippen molar-refractivity contribution >= 4 is 32.9 Å². The van der Waals surface area contributed by atoms with Crippen molar-refractivity contribution < 1.29 is 4.74 Å². The standard InChI is InChI=1S/C13H19N3OS/c1-4-16(5-2)10-8-7-9(14)11-12(10)18-13(15-11)17-6-3/h7-8H,4-6,14H2,1-3H3. The fraction of sp³-hybridized carbons (Fsp3) is 0.462. The van der Waals surface area contributed by atoms with Gasteiger partial charge in [-0.15, -0.1) is 0 Å². The molecular weight excluding hydrogens is 246 g/mol. The zero-order valence-electron chi connectivity index (χ0n) is 11.1. The Morgan fingerprint density at radius 3 is 2.61 bits per heavy atom. The van der Waals surface area contributed by atoms with Gasteiger partial charge in [-0.1, -0.05) is 11.3 Å². The Balaban J connectivity index is 2.57. The fourth-order valence-electron chi connectivity index (χ4n) is 1.99. The number of benzene rings is 1. The first-order valence-corrected chi connectivity index (χ1v) is 7.09. The summed E-state index contributed by atoms with van der Waals surface area (Å²) in [5.74, 6) is 0. The maximum absolute atomic E-state index is 5.99. The number of nitrogen functional groups attached to an aromatic ring is 1. The van der Waals surface area contributed by atoms with Crippen LogP contribution in [0, 0.1) is 0 Å². The van der Waals surface area contributed by atoms with Gasteiger partial charge in [-0.25, -0.2) is 4.98 Å². The van der Waals surface area contributed by atoms with E-state index < -0.39 is 0 Å². The molecule has 98 valence electrons. The summed E-state index contributed by atoms with van der Waals surface area (Å²) in [4.78, 5) is 6.76. The van der Waals surface area contributed by atoms with Crippen molar-refractivity contribution in [3.05, 3.63) is 12.1 Å². The largest absolute Gasteiger partial charge is 0.470 e. The number of aromatic nitrogens is 1. The number of hydrogen-bond acceptors (Lipinski definition) is 5. The lowest BCUT2D eigenvalue weighted by atomic mass is 10.2. The molecule has 18 heavy (non-hydrogen) atoms. The number of thiazole rings is 1. The van der Waals surface area contributed by atoms with Crippen LogP contribution in [0.4, 0.5) is 11.4 Å². The molecule has 2 N–H and O–H groups in total. The molecule has 0 aliphatic rings. The third-order valence-corrected chi connectivity index (χ3v) is 3.90. The molecule has 0 atom stereocenters. The van der Waals surface area contributed by atoms with Crippen LogP contribution in [-0.4, -0.2) is 24.7 Å². The van der Waals surface area contributed by atoms with Crippen LogP contribution in [0.5, 0.6) is 5.19 Å². The number of anilines is 2. The molecule has 1 aromatic heterocycles. The van der Waals surface area contributed by atoms with Crippen LogP contribution in [0.2, 0.25) is 0 Å². The van der Waals surface area contributed by atoms with Crippen LogP contribution >= 0.6 is 11.3 Å². The summed E-state index contributed by atoms with van der Waals surface area (Å²) in [6.45, 7) is 8.82. The highest BCUT2D eigenvalue weighted by Crippen LogP contribution is 2.38. The molecule has 2 aromatic rings. The van der Waals surface area contributed by atoms with E-state index in [0.29, 0.717) is 17.5 Å². The molecule has 0 saturated carbocycles. The summed E-state index contributed by atoms with van der Waals surface area (Å²) >= 11 is 1.57. The minimum Gasteiger partial charge on any atom is -0.470 e. The molecule has 0 aliphatic carbocycles. The van der Waals surface area contributed by atoms with Crippen molar-refractivity contribution in [3.63, 3.8) is 0 Å². The van der Waals surface area contributed by atoms with Crippen LogP contribution in [-0.2, 0) is 0 Å². The third-order valence-electron chi connectivity index (χ3n) is 2.91. The predicted molar refractivity (Wildman–Crippen MR) is 78.8 cm³/mol. The molecule has 1 aromatic carbocycles. The van der Waals surface area contributed by atoms with Crippen molar-refractivity contribution in [2.75, 3.05) is 30.3 Å². The zero-order valence-corrected chi connectivity index (χ0v) is 11.9. The maximum Gasteiger partial charge on any atom is 0.274 e. The van der Waals surface area contributed by atoms with Gasteiger partial charge in [0.1, 0.15) is 5.52 Å². The molecule has 0 radical (unpaired) electrons. The average molecular weight is 265 g/mol. The predicted octanol–water partition coefficient (Wildman–Crippen LogP) is 3.12. The van der Waals surface area contributed by atoms with E-state index in [4.69, 9.17) is 10.5 Å². The quantitative estimate of drug-likeness (QED) is 0.844. The second-order valence-corrected chi connectivity index (χ2v) is 4.90. The molecule has 0 spiro atoms. The minimum absolute atomic E-state index is 0.625. The van der Waals surface area contributed by atoms with E-state index in [2.05, 4.69) is 29.8 Å². The maximum atomic E-state index is 5.99. The number of hydrogen-bond donors (Lipinski definition) is 1. The van der Waals surface area contributed by atoms with E-state index in [1.165, 1.54) is 5.69 Å². The normalized spacial score (nSPS) is 10.8. The number of nitrogens with zero attached hydrogens (tertiary/aromatic N) is 2. The van der Waals surface area contributed by atoms with Gasteiger partial charge in [0.25, 0.3) is 5.19 Å². The Kier molecular flexibility index (Phi) is 3.91. The molecule has 0 aliphatic heterocycles. The Bertz CT molecular complexity index is 534. The van der Waals surface area contributed by atoms with Crippen LogP contribution in [0.15, 0.2) is 12.1 Å². The van der Waals surface area contributed by atoms with Gasteiger partial charge >= 0.3 is 0 Å². The molecule has 0 bridgehead atoms. The van der Waals surface area contributed by atoms with Crippen LogP contribution < -0.4 is 15.4 Å². The summed E-state index contributed by atoms with van der Waals surface area (Å²) in [6.07, 6.45) is 0. The number of ether oxygens (including phenoxy) is 1. The van der Waals surface area contributed by atoms with Crippen molar-refractivity contribution in [1.29, 1.82) is 0 Å². The minimum atomic E-state index is 0.625. The molecule has 0 amide bonds. The van der Waals surface area contributed by atoms with Crippen molar-refractivity contribution in [1.82, 2.24) is 4.98 Å². The first kappa shape index (κ1) is 13.0. The first-order valence-electron chi connectivity index (χ1n) is 6.28. The Morgan fingerprint density at radius 2 is 2.00 bits per heavy atom. The summed E-state index contributed by atoms with van der Waals surface area (Å²) in [6, 6.07) is 3.99. The van der Waals surface area contributed by atoms with Crippen LogP contribution in [0.1, 0.15) is 20.8 Å². The fourth-order valence-corrected chi connectivity index (χ4v) is 3.04. The first-order chi connectivity index (χ1) is 8.71. The van der Waals surface area contributed by atoms with Crippen molar-refractivity contribution in [2.45, 2.75) is 20.8 Å². The van der Waals surface area contributed by atoms with E-state index in [0.717, 1.165) is 23.3 Å². The van der Waals surface area contributed by atoms with Gasteiger partial charge in [-0.05, 0) is 32.9 Å². The van der Waals surface area contributed by atoms with Gasteiger partial charge in [0.2, 0.25) is 0 Å². The van der Waals surface area contributed by atoms with Crippen molar-refractivity contribution in [3.8, 4) is 5.19 Å². The summed E-state index contributed by atoms with van der Waals surface area (Å²) < 4.78 is 6.59. The highest BCUT2D eigenvalue weighted by Gasteiger charge is 2.14. The third kappa shape index (κ3) is 2.22. The van der Waals surface area contributed by atoms with Gasteiger partial charge in [0, 0.05) is 13.1 Å². The number of nitrogens with two attached hydrogens (primary N) is 1. The van der Waals surface area contributed by atoms with Crippen molar-refractivity contribution in [2.24, 2.45) is 0 Å². The van der Waals surface area contributed by atoms with E-state index in [1.54, 1.807) is 11.3 Å². The second-order valence-electron chi connectivity index (χ2n) is 3.94. The Hall–Kier alpha value is -1.49. The lowest BCUT2D eigenvalue weighted by Gasteiger charge is -2.21. The van der Waals surface area contributed by atoms with Gasteiger partial charge < -0.3 is 15.4 Å². The van der Waals surface area contributed by atoms with E-state index in [-0.39, 0.29) is 0 Å². The summed E-state index contributed by atoms with van der Waals surface area (Å²) in [5.41, 5.74) is 8.74. The zero-order chi connectivity index (χ0) is 13.1. The topological polar surface area (TPSA) is 51.4 Å². The highest BCUT2D eigenvalue weighted by molar-refractivity contribution is 7.21. The smallest absolute Gasteiger partial charge is 0.274 e. The lowest BCUT2D eigenvalue weighted by Crippen LogP contribution is -2.21. The molecule has 0 fully saturated rings. The molecular formula is C13H19N3OS. The van der Waals surface area contributed by atoms with Gasteiger partial charge in [0.05, 0.1) is 22.7 Å². The second kappa shape index (κ2) is 5.44. The molecule has 1 heterocycles. The molecule has 0 unspecified atom stereocenters. The lowest BCUT2D eigenvalue weighted by molar-refractivity contribution is 0.339. The van der Waals surface area contributed by atoms with E-state index in [9.17, 15) is 0 Å².